The molecule has 5 heteroatoms. The van der Waals surface area contributed by atoms with Crippen molar-refractivity contribution in [2.24, 2.45) is 0 Å². The number of aromatic amines is 1. The Morgan fingerprint density at radius 2 is 1.92 bits per heavy atom. The van der Waals surface area contributed by atoms with Crippen LogP contribution in [0.15, 0.2) is 30.3 Å². The van der Waals surface area contributed by atoms with Crippen LogP contribution >= 0.6 is 0 Å². The molecule has 3 aromatic rings. The average Bonchev–Trinajstić information content (AvgIpc) is 3.05. The van der Waals surface area contributed by atoms with Gasteiger partial charge >= 0.3 is 0 Å². The summed E-state index contributed by atoms with van der Waals surface area (Å²) in [4.78, 5) is 15.3. The highest BCUT2D eigenvalue weighted by molar-refractivity contribution is 5.91. The Hall–Kier alpha value is -2.56. The third-order valence-corrected chi connectivity index (χ3v) is 4.61. The SMILES string of the molecule is COc1cccc(-c2cc3nc(C)nc(N4CCCCC4)c3[nH]2)c1. The molecule has 0 spiro atoms. The second kappa shape index (κ2) is 6.15. The number of rotatable bonds is 3. The van der Waals surface area contributed by atoms with Crippen molar-refractivity contribution in [2.75, 3.05) is 25.1 Å². The van der Waals surface area contributed by atoms with E-state index in [4.69, 9.17) is 9.72 Å². The zero-order valence-corrected chi connectivity index (χ0v) is 14.2. The van der Waals surface area contributed by atoms with Gasteiger partial charge in [0.2, 0.25) is 0 Å². The van der Waals surface area contributed by atoms with Gasteiger partial charge in [-0.3, -0.25) is 0 Å². The molecule has 2 aromatic heterocycles. The third kappa shape index (κ3) is 2.70. The minimum atomic E-state index is 0.819. The Morgan fingerprint density at radius 1 is 1.08 bits per heavy atom. The fourth-order valence-corrected chi connectivity index (χ4v) is 3.39. The van der Waals surface area contributed by atoms with Crippen LogP contribution in [-0.2, 0) is 0 Å². The Balaban J connectivity index is 1.82. The van der Waals surface area contributed by atoms with Crippen molar-refractivity contribution in [2.45, 2.75) is 26.2 Å². The molecule has 0 unspecified atom stereocenters. The number of nitrogens with one attached hydrogen (secondary N) is 1. The maximum Gasteiger partial charge on any atom is 0.156 e. The van der Waals surface area contributed by atoms with Crippen molar-refractivity contribution in [3.05, 3.63) is 36.2 Å². The monoisotopic (exact) mass is 322 g/mol. The van der Waals surface area contributed by atoms with Crippen molar-refractivity contribution in [1.82, 2.24) is 15.0 Å². The number of H-pyrrole nitrogens is 1. The van der Waals surface area contributed by atoms with E-state index in [2.05, 4.69) is 27.0 Å². The molecule has 4 rings (SSSR count). The topological polar surface area (TPSA) is 54.0 Å². The molecule has 3 heterocycles. The highest BCUT2D eigenvalue weighted by Gasteiger charge is 2.18. The van der Waals surface area contributed by atoms with Gasteiger partial charge in [0.1, 0.15) is 17.1 Å². The standard InChI is InChI=1S/C19H22N4O/c1-13-20-17-12-16(14-7-6-8-15(11-14)24-2)22-18(17)19(21-13)23-9-4-3-5-10-23/h6-8,11-12,22H,3-5,9-10H2,1-2H3. The van der Waals surface area contributed by atoms with E-state index < -0.39 is 0 Å². The van der Waals surface area contributed by atoms with E-state index in [1.54, 1.807) is 7.11 Å². The Bertz CT molecular complexity index is 865. The van der Waals surface area contributed by atoms with Gasteiger partial charge in [0.25, 0.3) is 0 Å². The summed E-state index contributed by atoms with van der Waals surface area (Å²) in [6, 6.07) is 10.2. The second-order valence-electron chi connectivity index (χ2n) is 6.32. The highest BCUT2D eigenvalue weighted by atomic mass is 16.5. The maximum absolute atomic E-state index is 5.34. The van der Waals surface area contributed by atoms with Gasteiger partial charge in [-0.25, -0.2) is 9.97 Å². The van der Waals surface area contributed by atoms with Crippen molar-refractivity contribution in [3.63, 3.8) is 0 Å². The lowest BCUT2D eigenvalue weighted by Gasteiger charge is -2.28. The van der Waals surface area contributed by atoms with Crippen LogP contribution in [0.2, 0.25) is 0 Å². The van der Waals surface area contributed by atoms with Crippen molar-refractivity contribution in [1.29, 1.82) is 0 Å². The van der Waals surface area contributed by atoms with Crippen LogP contribution < -0.4 is 9.64 Å². The number of aryl methyl sites for hydroxylation is 1. The predicted molar refractivity (Wildman–Crippen MR) is 96.7 cm³/mol. The molecule has 0 radical (unpaired) electrons. The number of fused-ring (bicyclic) bond motifs is 1. The first-order valence-corrected chi connectivity index (χ1v) is 8.51. The molecule has 24 heavy (non-hydrogen) atoms. The van der Waals surface area contributed by atoms with E-state index in [1.165, 1.54) is 19.3 Å². The number of ether oxygens (including phenoxy) is 1. The largest absolute Gasteiger partial charge is 0.497 e. The predicted octanol–water partition coefficient (Wildman–Crippen LogP) is 3.93. The molecular weight excluding hydrogens is 300 g/mol. The molecule has 124 valence electrons. The van der Waals surface area contributed by atoms with Crippen LogP contribution in [0.5, 0.6) is 5.75 Å². The number of hydrogen-bond donors (Lipinski definition) is 1. The zero-order chi connectivity index (χ0) is 16.5. The fourth-order valence-electron chi connectivity index (χ4n) is 3.39. The molecule has 1 aliphatic heterocycles. The van der Waals surface area contributed by atoms with E-state index in [1.807, 2.05) is 25.1 Å². The minimum Gasteiger partial charge on any atom is -0.497 e. The summed E-state index contributed by atoms with van der Waals surface area (Å²) < 4.78 is 5.34. The van der Waals surface area contributed by atoms with Gasteiger partial charge in [0, 0.05) is 24.3 Å². The van der Waals surface area contributed by atoms with Crippen LogP contribution in [0.3, 0.4) is 0 Å². The smallest absolute Gasteiger partial charge is 0.156 e. The summed E-state index contributed by atoms with van der Waals surface area (Å²) in [6.07, 6.45) is 3.77. The molecule has 0 saturated carbocycles. The summed E-state index contributed by atoms with van der Waals surface area (Å²) >= 11 is 0. The van der Waals surface area contributed by atoms with Crippen LogP contribution in [0.25, 0.3) is 22.3 Å². The maximum atomic E-state index is 5.34. The summed E-state index contributed by atoms with van der Waals surface area (Å²) in [5.41, 5.74) is 4.14. The van der Waals surface area contributed by atoms with E-state index >= 15 is 0 Å². The van der Waals surface area contributed by atoms with Gasteiger partial charge < -0.3 is 14.6 Å². The van der Waals surface area contributed by atoms with Gasteiger partial charge in [-0.1, -0.05) is 12.1 Å². The lowest BCUT2D eigenvalue weighted by atomic mass is 10.1. The normalized spacial score (nSPS) is 15.0. The first-order chi connectivity index (χ1) is 11.7. The van der Waals surface area contributed by atoms with E-state index in [9.17, 15) is 0 Å². The molecule has 5 nitrogen and oxygen atoms in total. The number of methoxy groups -OCH3 is 1. The quantitative estimate of drug-likeness (QED) is 0.794. The molecule has 1 saturated heterocycles. The first-order valence-electron chi connectivity index (χ1n) is 8.51. The Labute approximate surface area is 141 Å². The van der Waals surface area contributed by atoms with Crippen LogP contribution in [0.1, 0.15) is 25.1 Å². The number of benzene rings is 1. The molecule has 0 amide bonds. The van der Waals surface area contributed by atoms with Crippen molar-refractivity contribution >= 4 is 16.9 Å². The molecule has 1 aliphatic rings. The van der Waals surface area contributed by atoms with E-state index in [-0.39, 0.29) is 0 Å². The summed E-state index contributed by atoms with van der Waals surface area (Å²) in [6.45, 7) is 4.10. The number of hydrogen-bond acceptors (Lipinski definition) is 4. The van der Waals surface area contributed by atoms with Crippen molar-refractivity contribution in [3.8, 4) is 17.0 Å². The molecule has 0 aliphatic carbocycles. The lowest BCUT2D eigenvalue weighted by Crippen LogP contribution is -2.30. The number of anilines is 1. The summed E-state index contributed by atoms with van der Waals surface area (Å²) in [7, 11) is 1.69. The first kappa shape index (κ1) is 15.0. The number of aromatic nitrogens is 3. The van der Waals surface area contributed by atoms with E-state index in [0.29, 0.717) is 0 Å². The Kier molecular flexibility index (Phi) is 3.84. The van der Waals surface area contributed by atoms with E-state index in [0.717, 1.165) is 52.8 Å². The molecular formula is C19H22N4O. The van der Waals surface area contributed by atoms with Gasteiger partial charge in [-0.15, -0.1) is 0 Å². The third-order valence-electron chi connectivity index (χ3n) is 4.61. The number of nitrogens with zero attached hydrogens (tertiary/aromatic N) is 3. The molecule has 0 atom stereocenters. The second-order valence-corrected chi connectivity index (χ2v) is 6.32. The summed E-state index contributed by atoms with van der Waals surface area (Å²) in [5.74, 6) is 2.70. The molecule has 0 bridgehead atoms. The fraction of sp³-hybridized carbons (Fsp3) is 0.368. The minimum absolute atomic E-state index is 0.819. The number of piperidine rings is 1. The van der Waals surface area contributed by atoms with Gasteiger partial charge in [0.15, 0.2) is 5.82 Å². The lowest BCUT2D eigenvalue weighted by molar-refractivity contribution is 0.415. The zero-order valence-electron chi connectivity index (χ0n) is 14.2. The van der Waals surface area contributed by atoms with Gasteiger partial charge in [-0.05, 0) is 44.4 Å². The Morgan fingerprint density at radius 3 is 2.71 bits per heavy atom. The van der Waals surface area contributed by atoms with Crippen molar-refractivity contribution < 1.29 is 4.74 Å². The molecule has 1 fully saturated rings. The van der Waals surface area contributed by atoms with Gasteiger partial charge in [-0.2, -0.15) is 0 Å². The summed E-state index contributed by atoms with van der Waals surface area (Å²) in [5, 5.41) is 0. The van der Waals surface area contributed by atoms with Gasteiger partial charge in [0.05, 0.1) is 12.6 Å². The average molecular weight is 322 g/mol. The van der Waals surface area contributed by atoms with Crippen LogP contribution in [0, 0.1) is 6.92 Å². The molecule has 1 aromatic carbocycles. The molecule has 1 N–H and O–H groups in total. The van der Waals surface area contributed by atoms with Crippen LogP contribution in [-0.4, -0.2) is 35.2 Å². The van der Waals surface area contributed by atoms with Crippen LogP contribution in [0.4, 0.5) is 5.82 Å². The highest BCUT2D eigenvalue weighted by Crippen LogP contribution is 2.31.